The van der Waals surface area contributed by atoms with Crippen LogP contribution in [0.2, 0.25) is 0 Å². The molecule has 0 saturated heterocycles. The third-order valence-corrected chi connectivity index (χ3v) is 12.9. The fraction of sp³-hybridized carbons (Fsp3) is 0.411. The van der Waals surface area contributed by atoms with Gasteiger partial charge in [-0.05, 0) is 131 Å². The van der Waals surface area contributed by atoms with Gasteiger partial charge in [-0.15, -0.1) is 5.75 Å². The number of ether oxygens (including phenoxy) is 2. The summed E-state index contributed by atoms with van der Waals surface area (Å²) in [5, 5.41) is 22.6. The number of amides is 8. The standard InChI is InChI=1S/C28H35N5O7S.C26H33N5O6S.2CO2.Na.5O.2Tc/c1-19(34)41-18-27(38)32-17-26(37)31-16-25(36)30-15-24(35)29-12-2-3-14-40-22-9-6-20(7-10-22)28(39)23-11-8-21-5-4-13-33(21)23;32-22(14-28-23(33)15-29-24(34)16-30-25(35)17-38)27-11-1-2-13-37-20-8-5-18(6-9-20)26(36)21-10-7-19-4-3-12-31(19)21;2*2-1-3;;;;;;;;/h6-11H,2-5,12-18H2,1H3,(H,29,35)(H,30,36)(H,31,37)(H,32,38);5-10H,1-4,11-17H2,(H5,27,28,29,30,32,33,34,35,38);;;;;;;;;;/q;;;;+1;;;;;-1;+4;/p-4/i;;;;;;;;;;1+1;. The van der Waals surface area contributed by atoms with E-state index >= 15 is 0 Å². The van der Waals surface area contributed by atoms with E-state index in [4.69, 9.17) is 46.5 Å². The summed E-state index contributed by atoms with van der Waals surface area (Å²) in [6.07, 6.45) is 7.37. The molecule has 2 aliphatic rings. The predicted molar refractivity (Wildman–Crippen MR) is 308 cm³/mol. The maximum atomic E-state index is 12.8. The molecule has 6 rings (SSSR count). The summed E-state index contributed by atoms with van der Waals surface area (Å²) in [7, 11) is 0. The van der Waals surface area contributed by atoms with Crippen LogP contribution in [0.25, 0.3) is 16.0 Å². The van der Waals surface area contributed by atoms with Gasteiger partial charge in [0, 0.05) is 73.3 Å². The van der Waals surface area contributed by atoms with Crippen LogP contribution in [0.4, 0.5) is 0 Å². The molecule has 8 amide bonds. The molecule has 37 heteroatoms. The molecule has 93 heavy (non-hydrogen) atoms. The SMILES string of the molecule is CC(=O)SCC(=O)NCC(=O)NCC(=O)NCC(=O)NCCCCOc1ccc(C(=O)c2ccc3n2CCC3)cc1.O=C(C[S-])[N-]CC(=O)[N-]CC(=O)[N-]CC(=O)NCCCCOc1ccc(C(=O)c2ccc3n2CCC3)cc1.O=C=O.O=C=O.[Na+].[O]=[99Tc+4].[O]=[Tc](=[O])(=[O])[O-]. The fourth-order valence-electron chi connectivity index (χ4n) is 7.82. The van der Waals surface area contributed by atoms with E-state index in [2.05, 4.69) is 64.3 Å². The van der Waals surface area contributed by atoms with E-state index in [0.29, 0.717) is 74.6 Å². The number of aryl methyl sites for hydroxylation is 2. The predicted octanol–water partition coefficient (Wildman–Crippen LogP) is -3.08. The average molecular weight is 1510 g/mol. The maximum absolute atomic E-state index is 12.8. The van der Waals surface area contributed by atoms with Crippen LogP contribution in [-0.2, 0) is 149 Å². The Morgan fingerprint density at radius 3 is 1.29 bits per heavy atom. The first-order valence-electron chi connectivity index (χ1n) is 27.3. The molecule has 0 bridgehead atoms. The summed E-state index contributed by atoms with van der Waals surface area (Å²) >= 11 is 0.276. The molecular weight excluding hydrogens is 1450 g/mol. The van der Waals surface area contributed by atoms with Gasteiger partial charge in [0.2, 0.25) is 41.1 Å². The monoisotopic (exact) mass is 1510 g/mol. The van der Waals surface area contributed by atoms with Gasteiger partial charge in [0.15, 0.2) is 5.12 Å². The summed E-state index contributed by atoms with van der Waals surface area (Å²) < 4.78 is 58.3. The van der Waals surface area contributed by atoms with Crippen LogP contribution in [0.5, 0.6) is 11.5 Å². The zero-order valence-corrected chi connectivity index (χ0v) is 57.6. The molecular formula is C56H64N10NaO22S2Tc2. The number of hydrogen-bond acceptors (Lipinski definition) is 24. The van der Waals surface area contributed by atoms with Gasteiger partial charge in [-0.3, -0.25) is 38.4 Å². The molecule has 0 spiro atoms. The first kappa shape index (κ1) is 85.3. The van der Waals surface area contributed by atoms with Crippen molar-refractivity contribution in [3.63, 3.8) is 0 Å². The Kier molecular flexibility index (Phi) is 45.7. The molecule has 2 aromatic carbocycles. The van der Waals surface area contributed by atoms with Crippen molar-refractivity contribution in [2.75, 3.05) is 77.1 Å². The second-order valence-electron chi connectivity index (χ2n) is 18.4. The van der Waals surface area contributed by atoms with Crippen LogP contribution in [0.15, 0.2) is 72.8 Å². The molecule has 0 atom stereocenters. The van der Waals surface area contributed by atoms with Crippen molar-refractivity contribution in [3.05, 3.63) is 123 Å². The van der Waals surface area contributed by atoms with Crippen molar-refractivity contribution >= 4 is 101 Å². The van der Waals surface area contributed by atoms with Crippen LogP contribution in [0.3, 0.4) is 0 Å². The molecule has 32 nitrogen and oxygen atoms in total. The van der Waals surface area contributed by atoms with Crippen LogP contribution >= 0.6 is 11.8 Å². The van der Waals surface area contributed by atoms with Gasteiger partial charge in [0.1, 0.15) is 11.5 Å². The molecule has 4 heterocycles. The minimum atomic E-state index is -5.94. The zero-order chi connectivity index (χ0) is 68.9. The second kappa shape index (κ2) is 49.9. The molecule has 0 aliphatic carbocycles. The topological polar surface area (TPSA) is 478 Å². The molecule has 4 aromatic rings. The Balaban J connectivity index is 0.00000152. The van der Waals surface area contributed by atoms with Gasteiger partial charge in [-0.2, -0.15) is 19.2 Å². The van der Waals surface area contributed by atoms with Crippen LogP contribution in [0.1, 0.15) is 88.9 Å². The third kappa shape index (κ3) is 38.8. The number of aromatic nitrogens is 2. The summed E-state index contributed by atoms with van der Waals surface area (Å²) in [5.41, 5.74) is 5.10. The Hall–Kier alpha value is -7.71. The number of carbonyl (C=O) groups is 11. The van der Waals surface area contributed by atoms with Gasteiger partial charge < -0.3 is 88.2 Å². The number of thioether (sulfide) groups is 1. The van der Waals surface area contributed by atoms with E-state index in [1.807, 2.05) is 24.3 Å². The Morgan fingerprint density at radius 2 is 0.903 bits per heavy atom. The van der Waals surface area contributed by atoms with Gasteiger partial charge in [0.25, 0.3) is 0 Å². The van der Waals surface area contributed by atoms with Crippen LogP contribution in [-0.4, -0.2) is 162 Å². The van der Waals surface area contributed by atoms with E-state index in [-0.39, 0.29) is 102 Å². The van der Waals surface area contributed by atoms with Gasteiger partial charge in [-0.1, -0.05) is 24.9 Å². The molecule has 5 N–H and O–H groups in total. The number of carbonyl (C=O) groups excluding carboxylic acids is 15. The van der Waals surface area contributed by atoms with E-state index in [0.717, 1.165) is 80.8 Å². The first-order valence-corrected chi connectivity index (χ1v) is 32.6. The second-order valence-corrected chi connectivity index (χ2v) is 21.7. The normalized spacial score (nSPS) is 10.8. The molecule has 497 valence electrons. The fourth-order valence-corrected chi connectivity index (χ4v) is 8.35. The van der Waals surface area contributed by atoms with Crippen molar-refractivity contribution in [1.82, 2.24) is 35.7 Å². The quantitative estimate of drug-likeness (QED) is 0.0144. The number of hydrogen-bond donors (Lipinski definition) is 5. The zero-order valence-electron chi connectivity index (χ0n) is 50.3. The Labute approximate surface area is 577 Å². The number of rotatable bonds is 31. The average Bonchev–Trinajstić information content (AvgIpc) is 1.68. The number of ketones is 2. The minimum absolute atomic E-state index is 0. The third-order valence-electron chi connectivity index (χ3n) is 11.8. The van der Waals surface area contributed by atoms with Gasteiger partial charge in [0.05, 0.1) is 50.0 Å². The molecule has 2 aliphatic heterocycles. The summed E-state index contributed by atoms with van der Waals surface area (Å²) in [6, 6.07) is 22.0. The molecule has 0 saturated carbocycles. The molecule has 0 fully saturated rings. The van der Waals surface area contributed by atoms with E-state index in [9.17, 15) is 52.7 Å². The summed E-state index contributed by atoms with van der Waals surface area (Å²) in [4.78, 5) is 162. The number of nitrogens with zero attached hydrogens (tertiary/aromatic N) is 5. The van der Waals surface area contributed by atoms with Crippen LogP contribution in [0, 0.1) is 0 Å². The number of fused-ring (bicyclic) bond motifs is 2. The van der Waals surface area contributed by atoms with E-state index in [1.54, 1.807) is 48.5 Å². The first-order chi connectivity index (χ1) is 43.9. The van der Waals surface area contributed by atoms with Crippen molar-refractivity contribution < 1.29 is 163 Å². The van der Waals surface area contributed by atoms with Crippen molar-refractivity contribution in [2.45, 2.75) is 71.4 Å². The number of benzene rings is 2. The molecule has 2 aromatic heterocycles. The van der Waals surface area contributed by atoms with Crippen molar-refractivity contribution in [1.29, 1.82) is 0 Å². The van der Waals surface area contributed by atoms with Crippen LogP contribution < -0.4 is 69.5 Å². The number of unbranched alkanes of at least 4 members (excludes halogenated alkanes) is 2. The van der Waals surface area contributed by atoms with Gasteiger partial charge in [-0.25, -0.2) is 0 Å². The van der Waals surface area contributed by atoms with E-state index in [1.165, 1.54) is 18.3 Å². The van der Waals surface area contributed by atoms with E-state index < -0.39 is 70.0 Å². The molecule has 0 radical (unpaired) electrons. The van der Waals surface area contributed by atoms with Crippen molar-refractivity contribution in [2.24, 2.45) is 0 Å². The summed E-state index contributed by atoms with van der Waals surface area (Å²) in [6.45, 7) is 2.55. The Bertz CT molecular complexity index is 3350. The van der Waals surface area contributed by atoms with Crippen molar-refractivity contribution in [3.8, 4) is 11.5 Å². The number of nitrogens with one attached hydrogen (secondary N) is 5. The van der Waals surface area contributed by atoms with Gasteiger partial charge >= 0.3 is 94.1 Å². The summed E-state index contributed by atoms with van der Waals surface area (Å²) in [5.74, 6) is -3.41. The Morgan fingerprint density at radius 1 is 0.548 bits per heavy atom. The molecule has 0 unspecified atom stereocenters.